The Morgan fingerprint density at radius 1 is 1.00 bits per heavy atom. The van der Waals surface area contributed by atoms with E-state index in [1.54, 1.807) is 0 Å². The Labute approximate surface area is 176 Å². The van der Waals surface area contributed by atoms with Crippen LogP contribution in [0, 0.1) is 0 Å². The lowest BCUT2D eigenvalue weighted by molar-refractivity contribution is -0.141. The summed E-state index contributed by atoms with van der Waals surface area (Å²) in [6.45, 7) is 10.9. The van der Waals surface area contributed by atoms with Crippen LogP contribution in [0.2, 0.25) is 5.04 Å². The molecule has 0 saturated carbocycles. The molecule has 1 atom stereocenters. The van der Waals surface area contributed by atoms with Crippen LogP contribution in [0.3, 0.4) is 0 Å². The predicted molar refractivity (Wildman–Crippen MR) is 123 cm³/mol. The van der Waals surface area contributed by atoms with Crippen molar-refractivity contribution in [3.8, 4) is 0 Å². The first-order valence-corrected chi connectivity index (χ1v) is 12.3. The van der Waals surface area contributed by atoms with Crippen LogP contribution in [-0.2, 0) is 14.0 Å². The second-order valence-corrected chi connectivity index (χ2v) is 12.6. The average molecular weight is 411 g/mol. The van der Waals surface area contributed by atoms with Crippen molar-refractivity contribution < 1.29 is 14.0 Å². The molecule has 0 aliphatic carbocycles. The van der Waals surface area contributed by atoms with Crippen LogP contribution < -0.4 is 10.4 Å². The molecule has 3 nitrogen and oxygen atoms in total. The molecule has 2 aromatic carbocycles. The highest BCUT2D eigenvalue weighted by molar-refractivity contribution is 6.99. The van der Waals surface area contributed by atoms with E-state index in [1.165, 1.54) is 17.3 Å². The number of carbonyl (C=O) groups is 1. The van der Waals surface area contributed by atoms with Crippen molar-refractivity contribution in [3.63, 3.8) is 0 Å². The summed E-state index contributed by atoms with van der Waals surface area (Å²) < 4.78 is 12.0. The second kappa shape index (κ2) is 10.6. The topological polar surface area (TPSA) is 35.5 Å². The quantitative estimate of drug-likeness (QED) is 0.257. The standard InChI is InChI=1S/C25H34O3Si/c1-21(15-9-8-14-20-27-22(2)26)28-29(25(3,4)5,23-16-10-6-11-17-23)24-18-12-7-13-19-24/h6-7,9-13,15-19,21H,8,14,20H2,1-5H3/b15-9+. The first-order valence-electron chi connectivity index (χ1n) is 10.4. The molecule has 29 heavy (non-hydrogen) atoms. The van der Waals surface area contributed by atoms with Crippen molar-refractivity contribution in [2.75, 3.05) is 6.61 Å². The Kier molecular flexibility index (Phi) is 8.41. The Morgan fingerprint density at radius 3 is 1.97 bits per heavy atom. The third-order valence-electron chi connectivity index (χ3n) is 5.01. The largest absolute Gasteiger partial charge is 0.466 e. The van der Waals surface area contributed by atoms with Crippen LogP contribution in [0.4, 0.5) is 0 Å². The molecular formula is C25H34O3Si. The zero-order valence-electron chi connectivity index (χ0n) is 18.4. The highest BCUT2D eigenvalue weighted by Crippen LogP contribution is 2.37. The molecule has 1 unspecified atom stereocenters. The average Bonchev–Trinajstić information content (AvgIpc) is 2.69. The van der Waals surface area contributed by atoms with Gasteiger partial charge in [-0.2, -0.15) is 0 Å². The van der Waals surface area contributed by atoms with Crippen molar-refractivity contribution in [1.82, 2.24) is 0 Å². The number of rotatable bonds is 9. The SMILES string of the molecule is CC(=O)OCCC/C=C/C(C)O[Si](c1ccccc1)(c1ccccc1)C(C)(C)C. The van der Waals surface area contributed by atoms with Crippen molar-refractivity contribution in [1.29, 1.82) is 0 Å². The van der Waals surface area contributed by atoms with Crippen molar-refractivity contribution in [2.24, 2.45) is 0 Å². The van der Waals surface area contributed by atoms with Crippen LogP contribution in [0.25, 0.3) is 0 Å². The highest BCUT2D eigenvalue weighted by atomic mass is 28.4. The number of esters is 1. The number of benzene rings is 2. The van der Waals surface area contributed by atoms with E-state index >= 15 is 0 Å². The van der Waals surface area contributed by atoms with Gasteiger partial charge in [0.05, 0.1) is 12.7 Å². The lowest BCUT2D eigenvalue weighted by Gasteiger charge is -2.44. The van der Waals surface area contributed by atoms with E-state index in [9.17, 15) is 4.79 Å². The van der Waals surface area contributed by atoms with E-state index in [-0.39, 0.29) is 17.1 Å². The maximum Gasteiger partial charge on any atom is 0.302 e. The van der Waals surface area contributed by atoms with Crippen LogP contribution >= 0.6 is 0 Å². The molecule has 0 amide bonds. The fourth-order valence-electron chi connectivity index (χ4n) is 3.71. The van der Waals surface area contributed by atoms with Gasteiger partial charge in [0.15, 0.2) is 0 Å². The van der Waals surface area contributed by atoms with Crippen LogP contribution in [0.5, 0.6) is 0 Å². The zero-order valence-corrected chi connectivity index (χ0v) is 19.4. The maximum atomic E-state index is 10.8. The Hall–Kier alpha value is -2.17. The summed E-state index contributed by atoms with van der Waals surface area (Å²) in [5.74, 6) is -0.225. The first kappa shape index (κ1) is 23.1. The molecule has 0 spiro atoms. The summed E-state index contributed by atoms with van der Waals surface area (Å²) in [4.78, 5) is 10.8. The maximum absolute atomic E-state index is 10.8. The number of hydrogen-bond donors (Lipinski definition) is 0. The molecule has 2 aromatic rings. The minimum absolute atomic E-state index is 0.0185. The van der Waals surface area contributed by atoms with Gasteiger partial charge in [0.25, 0.3) is 8.32 Å². The third kappa shape index (κ3) is 6.15. The van der Waals surface area contributed by atoms with Crippen LogP contribution in [0.15, 0.2) is 72.8 Å². The van der Waals surface area contributed by atoms with Crippen LogP contribution in [0.1, 0.15) is 47.5 Å². The second-order valence-electron chi connectivity index (χ2n) is 8.40. The van der Waals surface area contributed by atoms with Gasteiger partial charge in [-0.15, -0.1) is 0 Å². The molecule has 0 heterocycles. The molecule has 0 radical (unpaired) electrons. The molecular weight excluding hydrogens is 376 g/mol. The normalized spacial score (nSPS) is 13.4. The van der Waals surface area contributed by atoms with Gasteiger partial charge in [0, 0.05) is 6.92 Å². The van der Waals surface area contributed by atoms with E-state index in [4.69, 9.17) is 9.16 Å². The van der Waals surface area contributed by atoms with Crippen molar-refractivity contribution in [3.05, 3.63) is 72.8 Å². The predicted octanol–water partition coefficient (Wildman–Crippen LogP) is 4.85. The van der Waals surface area contributed by atoms with Gasteiger partial charge in [0.2, 0.25) is 0 Å². The number of ether oxygens (including phenoxy) is 1. The van der Waals surface area contributed by atoms with Gasteiger partial charge < -0.3 is 9.16 Å². The molecule has 4 heteroatoms. The fourth-order valence-corrected chi connectivity index (χ4v) is 8.37. The molecule has 0 saturated heterocycles. The van der Waals surface area contributed by atoms with Gasteiger partial charge in [-0.3, -0.25) is 4.79 Å². The van der Waals surface area contributed by atoms with Gasteiger partial charge in [-0.1, -0.05) is 93.6 Å². The Bertz CT molecular complexity index is 739. The fraction of sp³-hybridized carbons (Fsp3) is 0.400. The minimum atomic E-state index is -2.52. The van der Waals surface area contributed by atoms with Gasteiger partial charge in [-0.25, -0.2) is 0 Å². The number of allylic oxidation sites excluding steroid dienone is 1. The zero-order chi connectivity index (χ0) is 21.3. The van der Waals surface area contributed by atoms with E-state index in [2.05, 4.69) is 101 Å². The summed E-state index contributed by atoms with van der Waals surface area (Å²) in [6.07, 6.45) is 5.93. The number of hydrogen-bond acceptors (Lipinski definition) is 3. The first-order chi connectivity index (χ1) is 13.8. The van der Waals surface area contributed by atoms with E-state index in [0.29, 0.717) is 6.61 Å². The van der Waals surface area contributed by atoms with Gasteiger partial charge >= 0.3 is 5.97 Å². The summed E-state index contributed by atoms with van der Waals surface area (Å²) in [6, 6.07) is 21.4. The molecule has 2 rings (SSSR count). The molecule has 0 N–H and O–H groups in total. The highest BCUT2D eigenvalue weighted by Gasteiger charge is 2.50. The molecule has 0 bridgehead atoms. The molecule has 0 aliphatic heterocycles. The van der Waals surface area contributed by atoms with Crippen LogP contribution in [-0.4, -0.2) is 27.0 Å². The van der Waals surface area contributed by atoms with E-state index < -0.39 is 8.32 Å². The Morgan fingerprint density at radius 2 is 1.52 bits per heavy atom. The molecule has 0 aliphatic rings. The summed E-state index contributed by atoms with van der Waals surface area (Å²) >= 11 is 0. The minimum Gasteiger partial charge on any atom is -0.466 e. The Balaban J connectivity index is 2.28. The number of carbonyl (C=O) groups excluding carboxylic acids is 1. The monoisotopic (exact) mass is 410 g/mol. The lowest BCUT2D eigenvalue weighted by atomic mass is 10.2. The molecule has 0 aromatic heterocycles. The molecule has 156 valence electrons. The van der Waals surface area contributed by atoms with E-state index in [1.807, 2.05) is 0 Å². The van der Waals surface area contributed by atoms with Gasteiger partial charge in [0.1, 0.15) is 0 Å². The van der Waals surface area contributed by atoms with Crippen molar-refractivity contribution >= 4 is 24.7 Å². The van der Waals surface area contributed by atoms with E-state index in [0.717, 1.165) is 12.8 Å². The summed E-state index contributed by atoms with van der Waals surface area (Å²) in [5.41, 5.74) is 0. The smallest absolute Gasteiger partial charge is 0.302 e. The summed E-state index contributed by atoms with van der Waals surface area (Å²) in [7, 11) is -2.52. The summed E-state index contributed by atoms with van der Waals surface area (Å²) in [5, 5.41) is 2.54. The van der Waals surface area contributed by atoms with Gasteiger partial charge in [-0.05, 0) is 35.2 Å². The van der Waals surface area contributed by atoms with Crippen molar-refractivity contribution in [2.45, 2.75) is 58.6 Å². The third-order valence-corrected chi connectivity index (χ3v) is 10.1. The number of unbranched alkanes of at least 4 members (excludes halogenated alkanes) is 1. The molecule has 0 fully saturated rings. The lowest BCUT2D eigenvalue weighted by Crippen LogP contribution is -2.67.